The zero-order valence-electron chi connectivity index (χ0n) is 50.8. The average Bonchev–Trinajstić information content (AvgIpc) is 0.673. The maximum atomic E-state index is 15.3. The van der Waals surface area contributed by atoms with Gasteiger partial charge in [-0.05, 0) is 97.7 Å². The van der Waals surface area contributed by atoms with Crippen molar-refractivity contribution in [2.24, 2.45) is 50.2 Å². The van der Waals surface area contributed by atoms with E-state index in [-0.39, 0.29) is 30.6 Å². The van der Waals surface area contributed by atoms with Gasteiger partial charge in [-0.15, -0.1) is 0 Å². The van der Waals surface area contributed by atoms with Gasteiger partial charge in [0.25, 0.3) is 0 Å². The standard InChI is InChI=1S/C59H96O30/c1-22-33(66)38(71)44(77)50(83-22)87-46-34(67)26(64)17-80-52(46)89-53(79)59-12-11-54(2,3)13-24(59)23-7-8-30-55(4)14-25(63)47(58(20-61,21-62)31(55)9-10-56(30,5)57(23,6)15-32(59)65)88-51-45(78)41(74)37(70)29(86-51)19-82-49-43(76)40(73)36(69)28(85-49)18-81-48-42(75)39(72)35(68)27(16-60)84-48/h7,22,24-52,60-78H,8-21H2,1-6H3/t22-,24-,25-,26-,27+,28+,29+,30+,31+,32+,33-,34-,35+,36+,37+,38+,39-,40-,41-,42+,43+,44+,45+,46+,47-,48+,49+,50-,51-,52-,55+,56+,57+,59+/m0/s1. The van der Waals surface area contributed by atoms with Gasteiger partial charge in [-0.25, -0.2) is 0 Å². The van der Waals surface area contributed by atoms with Crippen molar-refractivity contribution in [3.63, 3.8) is 0 Å². The van der Waals surface area contributed by atoms with E-state index in [9.17, 15) is 97.0 Å². The molecule has 0 spiro atoms. The number of ether oxygens (including phenoxy) is 10. The van der Waals surface area contributed by atoms with Crippen LogP contribution in [-0.2, 0) is 52.2 Å². The normalized spacial score (nSPS) is 53.9. The fraction of sp³-hybridized carbons (Fsp3) is 0.949. The van der Waals surface area contributed by atoms with Crippen molar-refractivity contribution >= 4 is 5.97 Å². The third-order valence-electron chi connectivity index (χ3n) is 23.2. The summed E-state index contributed by atoms with van der Waals surface area (Å²) in [5.41, 5.74) is -5.07. The first-order valence-corrected chi connectivity index (χ1v) is 31.1. The minimum Gasteiger partial charge on any atom is -0.432 e. The Balaban J connectivity index is 0.858. The van der Waals surface area contributed by atoms with Crippen molar-refractivity contribution in [1.29, 1.82) is 0 Å². The van der Waals surface area contributed by atoms with E-state index in [0.29, 0.717) is 32.1 Å². The van der Waals surface area contributed by atoms with Gasteiger partial charge in [0.2, 0.25) is 6.29 Å². The molecule has 5 saturated heterocycles. The van der Waals surface area contributed by atoms with Crippen LogP contribution in [0.25, 0.3) is 0 Å². The zero-order valence-corrected chi connectivity index (χ0v) is 50.8. The second-order valence-corrected chi connectivity index (χ2v) is 28.7. The lowest BCUT2D eigenvalue weighted by molar-refractivity contribution is -0.360. The van der Waals surface area contributed by atoms with Crippen LogP contribution in [0, 0.1) is 50.2 Å². The molecule has 512 valence electrons. The Bertz CT molecular complexity index is 2470. The van der Waals surface area contributed by atoms with E-state index in [4.69, 9.17) is 47.4 Å². The van der Waals surface area contributed by atoms with Gasteiger partial charge in [-0.1, -0.05) is 46.3 Å². The highest BCUT2D eigenvalue weighted by Gasteiger charge is 2.74. The van der Waals surface area contributed by atoms with Crippen molar-refractivity contribution in [3.05, 3.63) is 11.6 Å². The Kier molecular flexibility index (Phi) is 20.4. The van der Waals surface area contributed by atoms with Gasteiger partial charge in [0.05, 0.1) is 64.1 Å². The highest BCUT2D eigenvalue weighted by Crippen LogP contribution is 2.76. The van der Waals surface area contributed by atoms with Gasteiger partial charge in [-0.2, -0.15) is 0 Å². The number of carbonyl (C=O) groups is 1. The first kappa shape index (κ1) is 69.9. The van der Waals surface area contributed by atoms with Gasteiger partial charge in [-0.3, -0.25) is 4.79 Å². The van der Waals surface area contributed by atoms with Crippen LogP contribution < -0.4 is 0 Å². The molecule has 0 aromatic carbocycles. The number of esters is 1. The molecule has 9 fully saturated rings. The number of hydrogen-bond donors (Lipinski definition) is 19. The Morgan fingerprint density at radius 3 is 1.65 bits per heavy atom. The topological polar surface area (TPSA) is 494 Å². The lowest BCUT2D eigenvalue weighted by Crippen LogP contribution is -2.71. The summed E-state index contributed by atoms with van der Waals surface area (Å²) in [5, 5.41) is 209. The molecule has 0 aromatic heterocycles. The van der Waals surface area contributed by atoms with E-state index in [1.165, 1.54) is 6.92 Å². The minimum atomic E-state index is -2.00. The summed E-state index contributed by atoms with van der Waals surface area (Å²) in [7, 11) is 0. The molecule has 10 aliphatic rings. The fourth-order valence-corrected chi connectivity index (χ4v) is 17.7. The van der Waals surface area contributed by atoms with E-state index in [0.717, 1.165) is 5.57 Å². The van der Waals surface area contributed by atoms with Gasteiger partial charge in [0.1, 0.15) is 109 Å². The molecule has 5 aliphatic carbocycles. The molecule has 0 aromatic rings. The smallest absolute Gasteiger partial charge is 0.317 e. The van der Waals surface area contributed by atoms with Crippen molar-refractivity contribution < 1.29 is 149 Å². The Morgan fingerprint density at radius 1 is 0.551 bits per heavy atom. The van der Waals surface area contributed by atoms with Crippen LogP contribution in [0.3, 0.4) is 0 Å². The van der Waals surface area contributed by atoms with E-state index < -0.39 is 250 Å². The molecular formula is C59H96O30. The van der Waals surface area contributed by atoms with E-state index in [1.807, 2.05) is 6.92 Å². The highest BCUT2D eigenvalue weighted by molar-refractivity contribution is 5.80. The zero-order chi connectivity index (χ0) is 65.2. The second kappa shape index (κ2) is 25.9. The van der Waals surface area contributed by atoms with E-state index in [2.05, 4.69) is 33.8 Å². The Morgan fingerprint density at radius 2 is 1.08 bits per heavy atom. The third-order valence-corrected chi connectivity index (χ3v) is 23.2. The first-order chi connectivity index (χ1) is 41.7. The molecule has 5 heterocycles. The quantitative estimate of drug-likeness (QED) is 0.0412. The number of rotatable bonds is 15. The predicted octanol–water partition coefficient (Wildman–Crippen LogP) is -6.66. The summed E-state index contributed by atoms with van der Waals surface area (Å²) in [6.45, 7) is 7.63. The van der Waals surface area contributed by atoms with Crippen molar-refractivity contribution in [3.8, 4) is 0 Å². The van der Waals surface area contributed by atoms with Crippen molar-refractivity contribution in [2.75, 3.05) is 39.6 Å². The lowest BCUT2D eigenvalue weighted by Gasteiger charge is -2.72. The molecule has 0 bridgehead atoms. The van der Waals surface area contributed by atoms with Crippen LogP contribution in [0.2, 0.25) is 0 Å². The molecule has 89 heavy (non-hydrogen) atoms. The van der Waals surface area contributed by atoms with Crippen LogP contribution in [0.1, 0.15) is 92.9 Å². The summed E-state index contributed by atoms with van der Waals surface area (Å²) in [6, 6.07) is 0. The summed E-state index contributed by atoms with van der Waals surface area (Å²) >= 11 is 0. The van der Waals surface area contributed by atoms with Crippen LogP contribution in [0.15, 0.2) is 11.6 Å². The molecule has 30 nitrogen and oxygen atoms in total. The summed E-state index contributed by atoms with van der Waals surface area (Å²) < 4.78 is 58.3. The van der Waals surface area contributed by atoms with Crippen molar-refractivity contribution in [1.82, 2.24) is 0 Å². The van der Waals surface area contributed by atoms with Crippen LogP contribution in [0.5, 0.6) is 0 Å². The van der Waals surface area contributed by atoms with Gasteiger partial charge in [0, 0.05) is 5.41 Å². The van der Waals surface area contributed by atoms with E-state index in [1.54, 1.807) is 0 Å². The highest BCUT2D eigenvalue weighted by atomic mass is 16.8. The maximum absolute atomic E-state index is 15.3. The molecule has 0 radical (unpaired) electrons. The van der Waals surface area contributed by atoms with E-state index >= 15 is 4.79 Å². The Labute approximate surface area is 514 Å². The molecule has 30 heteroatoms. The predicted molar refractivity (Wildman–Crippen MR) is 294 cm³/mol. The summed E-state index contributed by atoms with van der Waals surface area (Å²) in [4.78, 5) is 15.3. The number of carbonyl (C=O) groups excluding carboxylic acids is 1. The number of allylic oxidation sites excluding steroid dienone is 2. The molecule has 34 atom stereocenters. The van der Waals surface area contributed by atoms with Gasteiger partial charge in [0.15, 0.2) is 31.3 Å². The third kappa shape index (κ3) is 11.6. The average molecular weight is 1290 g/mol. The largest absolute Gasteiger partial charge is 0.432 e. The lowest BCUT2D eigenvalue weighted by atomic mass is 9.33. The summed E-state index contributed by atoms with van der Waals surface area (Å²) in [6.07, 6.45) is -41.0. The number of fused-ring (bicyclic) bond motifs is 7. The second-order valence-electron chi connectivity index (χ2n) is 28.7. The number of hydrogen-bond acceptors (Lipinski definition) is 30. The molecular weight excluding hydrogens is 1190 g/mol. The fourth-order valence-electron chi connectivity index (χ4n) is 17.7. The number of aliphatic hydroxyl groups is 19. The maximum Gasteiger partial charge on any atom is 0.317 e. The Hall–Kier alpha value is -1.91. The molecule has 19 N–H and O–H groups in total. The molecule has 0 unspecified atom stereocenters. The number of aliphatic hydroxyl groups excluding tert-OH is 19. The minimum absolute atomic E-state index is 0.0122. The van der Waals surface area contributed by atoms with Crippen molar-refractivity contribution in [2.45, 2.75) is 259 Å². The monoisotopic (exact) mass is 1280 g/mol. The first-order valence-electron chi connectivity index (χ1n) is 31.1. The van der Waals surface area contributed by atoms with Gasteiger partial charge >= 0.3 is 5.97 Å². The molecule has 5 aliphatic heterocycles. The van der Waals surface area contributed by atoms with Crippen LogP contribution in [0.4, 0.5) is 0 Å². The van der Waals surface area contributed by atoms with Crippen LogP contribution in [-0.4, -0.2) is 308 Å². The molecule has 4 saturated carbocycles. The summed E-state index contributed by atoms with van der Waals surface area (Å²) in [5.74, 6) is -2.38. The molecule has 10 rings (SSSR count). The van der Waals surface area contributed by atoms with Crippen LogP contribution >= 0.6 is 0 Å². The molecule has 0 amide bonds. The SMILES string of the molecule is C[C@@H]1O[C@@H](O[C@H]2[C@H](OC(=O)[C@]34CCC(C)(C)C[C@H]3C3=CC[C@@H]5[C@@]6(C)C[C@H](O)[C@H](O[C@@H]7O[C@H](CO[C@@H]8O[C@H](CO[C@@H]9O[C@H](CO)[C@@H](O)[C@H](O)[C@H]9O)[C@@H](O)[C@H](O)[C@H]8O)[C@@H](O)[C@H](O)[C@H]7O)C(CO)(CO)[C@@H]6CC[C@@]5(C)[C@]3(C)C[C@H]4O)OC[C@H](O)[C@@H]2O)[C@H](O)[C@H](O)[C@H]1O. The van der Waals surface area contributed by atoms with Gasteiger partial charge < -0.3 is 144 Å².